The third-order valence-electron chi connectivity index (χ3n) is 4.36. The minimum atomic E-state index is -0.520. The summed E-state index contributed by atoms with van der Waals surface area (Å²) in [6.45, 7) is 2.30. The van der Waals surface area contributed by atoms with Crippen LogP contribution in [0.15, 0.2) is 47.4 Å². The summed E-state index contributed by atoms with van der Waals surface area (Å²) in [5.74, 6) is -0.143. The van der Waals surface area contributed by atoms with Crippen LogP contribution < -0.4 is 5.32 Å². The smallest absolute Gasteiger partial charge is 0.339 e. The lowest BCUT2D eigenvalue weighted by Crippen LogP contribution is -2.21. The second-order valence-electron chi connectivity index (χ2n) is 6.53. The molecule has 2 aromatic rings. The molecule has 1 aliphatic rings. The minimum absolute atomic E-state index is 0.223. The van der Waals surface area contributed by atoms with Crippen LogP contribution in [0.5, 0.6) is 0 Å². The van der Waals surface area contributed by atoms with Crippen LogP contribution in [0.1, 0.15) is 28.8 Å². The summed E-state index contributed by atoms with van der Waals surface area (Å²) >= 11 is 7.53. The first kappa shape index (κ1) is 20.7. The fourth-order valence-electron chi connectivity index (χ4n) is 2.84. The molecule has 1 amide bonds. The maximum absolute atomic E-state index is 12.5. The number of amides is 1. The Kier molecular flexibility index (Phi) is 7.36. The number of aryl methyl sites for hydroxylation is 1. The number of hydrogen-bond acceptors (Lipinski definition) is 5. The molecule has 0 spiro atoms. The second-order valence-corrected chi connectivity index (χ2v) is 8.02. The van der Waals surface area contributed by atoms with Crippen molar-refractivity contribution >= 4 is 40.9 Å². The number of hydrogen-bond donors (Lipinski definition) is 1. The lowest BCUT2D eigenvalue weighted by molar-refractivity contribution is -0.119. The summed E-state index contributed by atoms with van der Waals surface area (Å²) in [5.41, 5.74) is 1.93. The fourth-order valence-corrected chi connectivity index (χ4v) is 4.13. The van der Waals surface area contributed by atoms with Gasteiger partial charge < -0.3 is 14.8 Å². The molecular formula is C21H22ClNO4S. The molecule has 1 fully saturated rings. The third-order valence-corrected chi connectivity index (χ3v) is 5.80. The summed E-state index contributed by atoms with van der Waals surface area (Å²) in [6.07, 6.45) is 2.35. The van der Waals surface area contributed by atoms with E-state index in [1.165, 1.54) is 0 Å². The van der Waals surface area contributed by atoms with Gasteiger partial charge in [0.25, 0.3) is 5.91 Å². The molecule has 0 aliphatic carbocycles. The van der Waals surface area contributed by atoms with Crippen LogP contribution in [0.3, 0.4) is 0 Å². The number of carbonyl (C=O) groups excluding carboxylic acids is 2. The van der Waals surface area contributed by atoms with Crippen molar-refractivity contribution in [3.05, 3.63) is 58.6 Å². The molecule has 1 atom stereocenters. The summed E-state index contributed by atoms with van der Waals surface area (Å²) in [6, 6.07) is 12.5. The van der Waals surface area contributed by atoms with Crippen molar-refractivity contribution in [2.24, 2.45) is 0 Å². The largest absolute Gasteiger partial charge is 0.452 e. The Morgan fingerprint density at radius 2 is 2.11 bits per heavy atom. The Morgan fingerprint density at radius 1 is 1.29 bits per heavy atom. The number of ether oxygens (including phenoxy) is 2. The molecule has 5 nitrogen and oxygen atoms in total. The van der Waals surface area contributed by atoms with Gasteiger partial charge in [0.15, 0.2) is 6.61 Å². The van der Waals surface area contributed by atoms with Crippen molar-refractivity contribution in [3.63, 3.8) is 0 Å². The molecule has 0 bridgehead atoms. The third kappa shape index (κ3) is 5.74. The van der Waals surface area contributed by atoms with Crippen molar-refractivity contribution in [2.75, 3.05) is 24.3 Å². The first-order valence-electron chi connectivity index (χ1n) is 9.09. The predicted molar refractivity (Wildman–Crippen MR) is 111 cm³/mol. The summed E-state index contributed by atoms with van der Waals surface area (Å²) in [5, 5.41) is 3.24. The highest BCUT2D eigenvalue weighted by atomic mass is 35.5. The van der Waals surface area contributed by atoms with E-state index >= 15 is 0 Å². The molecule has 0 unspecified atom stereocenters. The predicted octanol–water partition coefficient (Wildman–Crippen LogP) is 4.72. The van der Waals surface area contributed by atoms with E-state index in [0.717, 1.165) is 35.7 Å². The SMILES string of the molecule is Cc1ccc(Cl)cc1NC(=O)COC(=O)c1ccccc1SC[C@@H]1CCCO1. The van der Waals surface area contributed by atoms with E-state index in [4.69, 9.17) is 21.1 Å². The molecule has 1 heterocycles. The normalized spacial score (nSPS) is 16.0. The summed E-state index contributed by atoms with van der Waals surface area (Å²) in [7, 11) is 0. The molecule has 1 saturated heterocycles. The van der Waals surface area contributed by atoms with Gasteiger partial charge in [0.05, 0.1) is 11.7 Å². The van der Waals surface area contributed by atoms with Crippen LogP contribution in [0.25, 0.3) is 0 Å². The van der Waals surface area contributed by atoms with Crippen LogP contribution in [0.4, 0.5) is 5.69 Å². The highest BCUT2D eigenvalue weighted by molar-refractivity contribution is 7.99. The molecule has 7 heteroatoms. The van der Waals surface area contributed by atoms with Gasteiger partial charge in [0, 0.05) is 28.0 Å². The van der Waals surface area contributed by atoms with Gasteiger partial charge >= 0.3 is 5.97 Å². The molecule has 0 aromatic heterocycles. The Bertz CT molecular complexity index is 852. The standard InChI is InChI=1S/C21H22ClNO4S/c1-14-8-9-15(22)11-18(14)23-20(24)12-27-21(25)17-6-2-3-7-19(17)28-13-16-5-4-10-26-16/h2-3,6-9,11,16H,4-5,10,12-13H2,1H3,(H,23,24)/t16-/m0/s1. The van der Waals surface area contributed by atoms with Crippen LogP contribution in [-0.2, 0) is 14.3 Å². The maximum atomic E-state index is 12.5. The van der Waals surface area contributed by atoms with E-state index in [0.29, 0.717) is 16.3 Å². The summed E-state index contributed by atoms with van der Waals surface area (Å²) in [4.78, 5) is 25.4. The molecule has 148 valence electrons. The number of anilines is 1. The minimum Gasteiger partial charge on any atom is -0.452 e. The number of benzene rings is 2. The fraction of sp³-hybridized carbons (Fsp3) is 0.333. The van der Waals surface area contributed by atoms with Crippen LogP contribution >= 0.6 is 23.4 Å². The van der Waals surface area contributed by atoms with Crippen molar-refractivity contribution in [1.82, 2.24) is 0 Å². The lowest BCUT2D eigenvalue weighted by atomic mass is 10.2. The van der Waals surface area contributed by atoms with Gasteiger partial charge in [-0.25, -0.2) is 4.79 Å². The number of carbonyl (C=O) groups is 2. The van der Waals surface area contributed by atoms with Gasteiger partial charge in [-0.1, -0.05) is 29.8 Å². The molecule has 0 radical (unpaired) electrons. The van der Waals surface area contributed by atoms with E-state index in [9.17, 15) is 9.59 Å². The van der Waals surface area contributed by atoms with E-state index in [-0.39, 0.29) is 12.7 Å². The average molecular weight is 420 g/mol. The van der Waals surface area contributed by atoms with E-state index < -0.39 is 11.9 Å². The maximum Gasteiger partial charge on any atom is 0.339 e. The number of rotatable bonds is 7. The highest BCUT2D eigenvalue weighted by Gasteiger charge is 2.19. The van der Waals surface area contributed by atoms with Gasteiger partial charge in [0.1, 0.15) is 0 Å². The van der Waals surface area contributed by atoms with Crippen LogP contribution in [-0.4, -0.2) is 36.9 Å². The monoisotopic (exact) mass is 419 g/mol. The number of nitrogens with one attached hydrogen (secondary N) is 1. The van der Waals surface area contributed by atoms with Crippen molar-refractivity contribution < 1.29 is 19.1 Å². The van der Waals surface area contributed by atoms with Crippen LogP contribution in [0.2, 0.25) is 5.02 Å². The topological polar surface area (TPSA) is 64.6 Å². The quantitative estimate of drug-likeness (QED) is 0.519. The van der Waals surface area contributed by atoms with Gasteiger partial charge in [-0.05, 0) is 49.6 Å². The van der Waals surface area contributed by atoms with E-state index in [1.54, 1.807) is 36.0 Å². The zero-order valence-electron chi connectivity index (χ0n) is 15.6. The van der Waals surface area contributed by atoms with Crippen molar-refractivity contribution in [3.8, 4) is 0 Å². The number of esters is 1. The lowest BCUT2D eigenvalue weighted by Gasteiger charge is -2.12. The zero-order valence-corrected chi connectivity index (χ0v) is 17.1. The molecule has 2 aromatic carbocycles. The first-order chi connectivity index (χ1) is 13.5. The van der Waals surface area contributed by atoms with Gasteiger partial charge in [0.2, 0.25) is 0 Å². The first-order valence-corrected chi connectivity index (χ1v) is 10.5. The van der Waals surface area contributed by atoms with Gasteiger partial charge in [-0.3, -0.25) is 4.79 Å². The molecule has 28 heavy (non-hydrogen) atoms. The molecule has 1 aliphatic heterocycles. The zero-order chi connectivity index (χ0) is 19.9. The molecule has 3 rings (SSSR count). The summed E-state index contributed by atoms with van der Waals surface area (Å²) < 4.78 is 10.8. The van der Waals surface area contributed by atoms with Gasteiger partial charge in [-0.15, -0.1) is 11.8 Å². The molecular weight excluding hydrogens is 398 g/mol. The van der Waals surface area contributed by atoms with Crippen molar-refractivity contribution in [1.29, 1.82) is 0 Å². The number of halogens is 1. The Morgan fingerprint density at radius 3 is 2.89 bits per heavy atom. The van der Waals surface area contributed by atoms with E-state index in [2.05, 4.69) is 5.32 Å². The Balaban J connectivity index is 1.55. The molecule has 0 saturated carbocycles. The highest BCUT2D eigenvalue weighted by Crippen LogP contribution is 2.27. The van der Waals surface area contributed by atoms with Crippen molar-refractivity contribution in [2.45, 2.75) is 30.8 Å². The second kappa shape index (κ2) is 9.96. The average Bonchev–Trinajstić information content (AvgIpc) is 3.21. The Hall–Kier alpha value is -2.02. The van der Waals surface area contributed by atoms with Gasteiger partial charge in [-0.2, -0.15) is 0 Å². The van der Waals surface area contributed by atoms with E-state index in [1.807, 2.05) is 25.1 Å². The van der Waals surface area contributed by atoms with Crippen LogP contribution in [0, 0.1) is 6.92 Å². The molecule has 1 N–H and O–H groups in total. The number of thioether (sulfide) groups is 1. The Labute approximate surface area is 173 Å².